The summed E-state index contributed by atoms with van der Waals surface area (Å²) >= 11 is 0. The van der Waals surface area contributed by atoms with Crippen molar-refractivity contribution in [3.63, 3.8) is 0 Å². The van der Waals surface area contributed by atoms with Crippen molar-refractivity contribution in [3.05, 3.63) is 52.4 Å². The molecule has 30 heavy (non-hydrogen) atoms. The average Bonchev–Trinajstić information content (AvgIpc) is 3.03. The normalized spacial score (nSPS) is 20.0. The van der Waals surface area contributed by atoms with Gasteiger partial charge in [0.1, 0.15) is 17.3 Å². The Morgan fingerprint density at radius 2 is 1.90 bits per heavy atom. The minimum absolute atomic E-state index is 0.403. The summed E-state index contributed by atoms with van der Waals surface area (Å²) in [5.74, 6) is 2.60. The van der Waals surface area contributed by atoms with Crippen LogP contribution in [-0.4, -0.2) is 50.9 Å². The quantitative estimate of drug-likeness (QED) is 0.664. The summed E-state index contributed by atoms with van der Waals surface area (Å²) in [6, 6.07) is 4.33. The van der Waals surface area contributed by atoms with Crippen LogP contribution >= 0.6 is 0 Å². The lowest BCUT2D eigenvalue weighted by atomic mass is 9.96. The first kappa shape index (κ1) is 19.5. The van der Waals surface area contributed by atoms with Crippen LogP contribution in [0.2, 0.25) is 0 Å². The molecule has 158 valence electrons. The molecule has 0 spiro atoms. The van der Waals surface area contributed by atoms with Crippen LogP contribution in [0.4, 0.5) is 5.82 Å². The molecule has 1 fully saturated rings. The predicted molar refractivity (Wildman–Crippen MR) is 120 cm³/mol. The van der Waals surface area contributed by atoms with Gasteiger partial charge in [-0.05, 0) is 70.7 Å². The molecule has 1 saturated heterocycles. The number of likely N-dealkylation sites (tertiary alicyclic amines) is 1. The van der Waals surface area contributed by atoms with E-state index in [4.69, 9.17) is 15.0 Å². The fraction of sp³-hybridized carbons (Fsp3) is 0.542. The van der Waals surface area contributed by atoms with E-state index in [2.05, 4.69) is 60.3 Å². The molecular formula is C24H32N6. The Morgan fingerprint density at radius 1 is 1.03 bits per heavy atom. The molecule has 1 atom stereocenters. The third-order valence-corrected chi connectivity index (χ3v) is 6.82. The van der Waals surface area contributed by atoms with E-state index in [9.17, 15) is 0 Å². The number of pyridine rings is 1. The molecule has 1 unspecified atom stereocenters. The van der Waals surface area contributed by atoms with E-state index in [1.165, 1.54) is 41.8 Å². The van der Waals surface area contributed by atoms with E-state index in [0.717, 1.165) is 55.6 Å². The Morgan fingerprint density at radius 3 is 2.77 bits per heavy atom. The number of fused-ring (bicyclic) bond motifs is 2. The van der Waals surface area contributed by atoms with Gasteiger partial charge in [-0.15, -0.1) is 0 Å². The van der Waals surface area contributed by atoms with Gasteiger partial charge >= 0.3 is 0 Å². The molecule has 0 radical (unpaired) electrons. The van der Waals surface area contributed by atoms with E-state index in [1.54, 1.807) is 0 Å². The zero-order chi connectivity index (χ0) is 20.8. The number of anilines is 1. The second-order valence-electron chi connectivity index (χ2n) is 9.14. The lowest BCUT2D eigenvalue weighted by Gasteiger charge is -2.33. The van der Waals surface area contributed by atoms with Crippen molar-refractivity contribution in [1.29, 1.82) is 0 Å². The molecule has 0 aromatic carbocycles. The smallest absolute Gasteiger partial charge is 0.137 e. The lowest BCUT2D eigenvalue weighted by molar-refractivity contribution is 0.193. The molecule has 6 nitrogen and oxygen atoms in total. The summed E-state index contributed by atoms with van der Waals surface area (Å²) in [7, 11) is 2.16. The number of hydrogen-bond acceptors (Lipinski definition) is 5. The first-order valence-electron chi connectivity index (χ1n) is 11.2. The number of hydrogen-bond donors (Lipinski definition) is 0. The molecule has 0 saturated carbocycles. The molecule has 0 aliphatic carbocycles. The Balaban J connectivity index is 1.39. The monoisotopic (exact) mass is 404 g/mol. The van der Waals surface area contributed by atoms with Gasteiger partial charge in [-0.2, -0.15) is 0 Å². The number of aromatic nitrogens is 4. The van der Waals surface area contributed by atoms with Crippen LogP contribution in [-0.2, 0) is 13.0 Å². The van der Waals surface area contributed by atoms with Gasteiger partial charge in [-0.25, -0.2) is 15.0 Å². The topological polar surface area (TPSA) is 49.6 Å². The maximum Gasteiger partial charge on any atom is 0.137 e. The number of imidazole rings is 1. The van der Waals surface area contributed by atoms with Crippen molar-refractivity contribution in [3.8, 4) is 0 Å². The van der Waals surface area contributed by atoms with E-state index in [-0.39, 0.29) is 0 Å². The zero-order valence-electron chi connectivity index (χ0n) is 18.6. The fourth-order valence-corrected chi connectivity index (χ4v) is 5.12. The van der Waals surface area contributed by atoms with Gasteiger partial charge in [0.05, 0.1) is 11.4 Å². The Labute approximate surface area is 179 Å². The molecule has 3 aromatic rings. The summed E-state index contributed by atoms with van der Waals surface area (Å²) in [4.78, 5) is 19.7. The standard InChI is InChI=1S/C24H32N6/c1-16-9-12-30-21(18(3)25-22(30)13-16)15-29-11-5-7-19(14-29)23-26-17(2)20-8-6-10-28(4)24(20)27-23/h9,12-13,19H,5-8,10-11,14-15H2,1-4H3. The highest BCUT2D eigenvalue weighted by molar-refractivity contribution is 5.50. The molecule has 6 heteroatoms. The van der Waals surface area contributed by atoms with E-state index in [0.29, 0.717) is 5.92 Å². The van der Waals surface area contributed by atoms with Crippen LogP contribution in [0, 0.1) is 20.8 Å². The van der Waals surface area contributed by atoms with Gasteiger partial charge in [0.2, 0.25) is 0 Å². The maximum atomic E-state index is 5.06. The van der Waals surface area contributed by atoms with Gasteiger partial charge in [-0.3, -0.25) is 4.90 Å². The number of aryl methyl sites for hydroxylation is 3. The Hall–Kier alpha value is -2.47. The van der Waals surface area contributed by atoms with Gasteiger partial charge in [-0.1, -0.05) is 0 Å². The second-order valence-corrected chi connectivity index (χ2v) is 9.14. The Kier molecular flexibility index (Phi) is 4.97. The Bertz CT molecular complexity index is 1080. The van der Waals surface area contributed by atoms with Gasteiger partial charge in [0, 0.05) is 50.1 Å². The van der Waals surface area contributed by atoms with Crippen molar-refractivity contribution in [1.82, 2.24) is 24.3 Å². The number of nitrogens with zero attached hydrogens (tertiary/aromatic N) is 6. The largest absolute Gasteiger partial charge is 0.359 e. The van der Waals surface area contributed by atoms with Crippen LogP contribution in [0.1, 0.15) is 59.2 Å². The first-order valence-corrected chi connectivity index (χ1v) is 11.2. The molecule has 3 aromatic heterocycles. The highest BCUT2D eigenvalue weighted by Crippen LogP contribution is 2.31. The SMILES string of the molecule is Cc1ccn2c(CN3CCCC(c4nc(C)c5c(n4)N(C)CCC5)C3)c(C)nc2c1. The fourth-order valence-electron chi connectivity index (χ4n) is 5.12. The third-order valence-electron chi connectivity index (χ3n) is 6.82. The number of rotatable bonds is 3. The number of piperidine rings is 1. The van der Waals surface area contributed by atoms with Crippen molar-refractivity contribution < 1.29 is 0 Å². The molecule has 0 bridgehead atoms. The van der Waals surface area contributed by atoms with Crippen LogP contribution in [0.3, 0.4) is 0 Å². The van der Waals surface area contributed by atoms with Crippen molar-refractivity contribution in [2.45, 2.75) is 58.9 Å². The van der Waals surface area contributed by atoms with Crippen LogP contribution < -0.4 is 4.90 Å². The minimum atomic E-state index is 0.403. The van der Waals surface area contributed by atoms with Crippen molar-refractivity contribution >= 4 is 11.5 Å². The summed E-state index contributed by atoms with van der Waals surface area (Å²) in [5, 5.41) is 0. The van der Waals surface area contributed by atoms with E-state index < -0.39 is 0 Å². The van der Waals surface area contributed by atoms with Gasteiger partial charge in [0.15, 0.2) is 0 Å². The molecule has 2 aliphatic rings. The highest BCUT2D eigenvalue weighted by Gasteiger charge is 2.27. The molecule has 0 N–H and O–H groups in total. The maximum absolute atomic E-state index is 5.06. The van der Waals surface area contributed by atoms with Gasteiger partial charge in [0.25, 0.3) is 0 Å². The van der Waals surface area contributed by atoms with E-state index >= 15 is 0 Å². The predicted octanol–water partition coefficient (Wildman–Crippen LogP) is 3.81. The highest BCUT2D eigenvalue weighted by atomic mass is 15.2. The summed E-state index contributed by atoms with van der Waals surface area (Å²) in [6.07, 6.45) is 6.82. The third kappa shape index (κ3) is 3.47. The summed E-state index contributed by atoms with van der Waals surface area (Å²) in [6.45, 7) is 10.6. The zero-order valence-corrected chi connectivity index (χ0v) is 18.6. The summed E-state index contributed by atoms with van der Waals surface area (Å²) < 4.78 is 2.25. The second kappa shape index (κ2) is 7.65. The van der Waals surface area contributed by atoms with Crippen molar-refractivity contribution in [2.75, 3.05) is 31.6 Å². The first-order chi connectivity index (χ1) is 14.5. The lowest BCUT2D eigenvalue weighted by Crippen LogP contribution is -2.36. The molecular weight excluding hydrogens is 372 g/mol. The molecule has 5 heterocycles. The molecule has 2 aliphatic heterocycles. The summed E-state index contributed by atoms with van der Waals surface area (Å²) in [5.41, 5.74) is 7.25. The van der Waals surface area contributed by atoms with Gasteiger partial charge < -0.3 is 9.30 Å². The minimum Gasteiger partial charge on any atom is -0.359 e. The molecule has 0 amide bonds. The average molecular weight is 405 g/mol. The van der Waals surface area contributed by atoms with Crippen LogP contribution in [0.5, 0.6) is 0 Å². The van der Waals surface area contributed by atoms with Crippen LogP contribution in [0.15, 0.2) is 18.3 Å². The van der Waals surface area contributed by atoms with Crippen molar-refractivity contribution in [2.24, 2.45) is 0 Å². The van der Waals surface area contributed by atoms with E-state index in [1.807, 2.05) is 0 Å². The molecule has 5 rings (SSSR count). The van der Waals surface area contributed by atoms with Crippen LogP contribution in [0.25, 0.3) is 5.65 Å².